The quantitative estimate of drug-likeness (QED) is 0.305. The largest absolute Gasteiger partial charge is 0.462 e. The highest BCUT2D eigenvalue weighted by Crippen LogP contribution is 2.72. The number of rotatable bonds is 6. The van der Waals surface area contributed by atoms with Gasteiger partial charge in [0.15, 0.2) is 0 Å². The van der Waals surface area contributed by atoms with Crippen LogP contribution in [-0.2, 0) is 9.53 Å². The molecule has 36 heavy (non-hydrogen) atoms. The Hall–Kier alpha value is -1.13. The van der Waals surface area contributed by atoms with Crippen molar-refractivity contribution < 1.29 is 19.7 Å². The van der Waals surface area contributed by atoms with Crippen molar-refractivity contribution in [3.8, 4) is 0 Å². The SMILES string of the molecule is CC(=O)O[C@H]1CC[C@]2(C)C3=C(CC[C@H]2C1(C)C)[C@]1(C)[C@@H](O)C[C@H]([C@H](C)CC/C=C(\C)CO)[C@@]1(C)CC3. The van der Waals surface area contributed by atoms with Gasteiger partial charge in [0.05, 0.1) is 12.7 Å². The number of aliphatic hydroxyl groups is 2. The van der Waals surface area contributed by atoms with E-state index in [1.807, 2.05) is 6.92 Å². The van der Waals surface area contributed by atoms with Gasteiger partial charge in [0.25, 0.3) is 0 Å². The van der Waals surface area contributed by atoms with Gasteiger partial charge in [-0.1, -0.05) is 64.3 Å². The molecular formula is C32H52O4. The van der Waals surface area contributed by atoms with Gasteiger partial charge in [-0.05, 0) is 93.3 Å². The number of fused-ring (bicyclic) bond motifs is 4. The molecule has 2 fully saturated rings. The van der Waals surface area contributed by atoms with E-state index in [0.717, 1.165) is 63.4 Å². The van der Waals surface area contributed by atoms with Crippen molar-refractivity contribution in [2.45, 2.75) is 125 Å². The first-order chi connectivity index (χ1) is 16.7. The summed E-state index contributed by atoms with van der Waals surface area (Å²) >= 11 is 0. The van der Waals surface area contributed by atoms with Gasteiger partial charge < -0.3 is 14.9 Å². The molecule has 0 saturated heterocycles. The number of carbonyl (C=O) groups is 1. The lowest BCUT2D eigenvalue weighted by Crippen LogP contribution is -2.56. The van der Waals surface area contributed by atoms with Crippen LogP contribution in [0.5, 0.6) is 0 Å². The number of hydrogen-bond donors (Lipinski definition) is 2. The zero-order chi connectivity index (χ0) is 26.7. The predicted molar refractivity (Wildman–Crippen MR) is 145 cm³/mol. The van der Waals surface area contributed by atoms with Gasteiger partial charge in [-0.3, -0.25) is 4.79 Å². The fourth-order valence-electron chi connectivity index (χ4n) is 9.88. The van der Waals surface area contributed by atoms with E-state index in [1.54, 1.807) is 11.1 Å². The Kier molecular flexibility index (Phi) is 7.41. The van der Waals surface area contributed by atoms with Crippen LogP contribution < -0.4 is 0 Å². The van der Waals surface area contributed by atoms with E-state index in [-0.39, 0.29) is 46.4 Å². The molecule has 4 aliphatic carbocycles. The lowest BCUT2D eigenvalue weighted by atomic mass is 9.43. The molecule has 0 aliphatic heterocycles. The van der Waals surface area contributed by atoms with E-state index in [9.17, 15) is 15.0 Å². The second kappa shape index (κ2) is 9.56. The topological polar surface area (TPSA) is 66.8 Å². The molecule has 4 heteroatoms. The summed E-state index contributed by atoms with van der Waals surface area (Å²) < 4.78 is 5.84. The smallest absolute Gasteiger partial charge is 0.302 e. The lowest BCUT2D eigenvalue weighted by Gasteiger charge is -2.62. The number of aliphatic hydroxyl groups excluding tert-OH is 2. The second-order valence-electron chi connectivity index (χ2n) is 14.2. The first kappa shape index (κ1) is 27.9. The molecule has 0 aromatic heterocycles. The van der Waals surface area contributed by atoms with E-state index >= 15 is 0 Å². The Bertz CT molecular complexity index is 930. The molecule has 4 aliphatic rings. The fraction of sp³-hybridized carbons (Fsp3) is 0.844. The summed E-state index contributed by atoms with van der Waals surface area (Å²) in [5, 5.41) is 21.1. The van der Waals surface area contributed by atoms with Crippen LogP contribution in [0.15, 0.2) is 22.8 Å². The first-order valence-electron chi connectivity index (χ1n) is 14.6. The van der Waals surface area contributed by atoms with Crippen molar-refractivity contribution in [1.82, 2.24) is 0 Å². The van der Waals surface area contributed by atoms with E-state index in [0.29, 0.717) is 17.8 Å². The van der Waals surface area contributed by atoms with E-state index in [1.165, 1.54) is 6.92 Å². The Labute approximate surface area is 220 Å². The van der Waals surface area contributed by atoms with Crippen LogP contribution in [-0.4, -0.2) is 35.0 Å². The van der Waals surface area contributed by atoms with Crippen molar-refractivity contribution in [2.24, 2.45) is 39.4 Å². The lowest BCUT2D eigenvalue weighted by molar-refractivity contribution is -0.167. The van der Waals surface area contributed by atoms with Gasteiger partial charge in [-0.2, -0.15) is 0 Å². The van der Waals surface area contributed by atoms with Crippen LogP contribution in [0.4, 0.5) is 0 Å². The van der Waals surface area contributed by atoms with Gasteiger partial charge in [-0.25, -0.2) is 0 Å². The molecule has 8 atom stereocenters. The highest BCUT2D eigenvalue weighted by molar-refractivity contribution is 5.66. The molecule has 0 unspecified atom stereocenters. The third-order valence-electron chi connectivity index (χ3n) is 12.2. The molecule has 204 valence electrons. The van der Waals surface area contributed by atoms with Gasteiger partial charge in [0.1, 0.15) is 6.10 Å². The minimum Gasteiger partial charge on any atom is -0.462 e. The molecule has 0 bridgehead atoms. The molecule has 0 aromatic rings. The molecule has 4 nitrogen and oxygen atoms in total. The maximum absolute atomic E-state index is 11.8. The molecule has 0 heterocycles. The summed E-state index contributed by atoms with van der Waals surface area (Å²) in [7, 11) is 0. The van der Waals surface area contributed by atoms with E-state index < -0.39 is 0 Å². The summed E-state index contributed by atoms with van der Waals surface area (Å²) in [6.45, 7) is 18.1. The van der Waals surface area contributed by atoms with Crippen molar-refractivity contribution in [3.05, 3.63) is 22.8 Å². The Morgan fingerprint density at radius 2 is 1.78 bits per heavy atom. The van der Waals surface area contributed by atoms with Gasteiger partial charge in [0, 0.05) is 17.8 Å². The monoisotopic (exact) mass is 500 g/mol. The minimum atomic E-state index is -0.291. The molecule has 2 saturated carbocycles. The average Bonchev–Trinajstić information content (AvgIpc) is 3.02. The third kappa shape index (κ3) is 4.04. The van der Waals surface area contributed by atoms with Gasteiger partial charge >= 0.3 is 5.97 Å². The molecule has 0 amide bonds. The number of carbonyl (C=O) groups excluding carboxylic acids is 1. The molecular weight excluding hydrogens is 448 g/mol. The zero-order valence-electron chi connectivity index (χ0n) is 24.2. The summed E-state index contributed by atoms with van der Waals surface area (Å²) in [5.74, 6) is 1.38. The Balaban J connectivity index is 1.65. The van der Waals surface area contributed by atoms with Gasteiger partial charge in [-0.15, -0.1) is 0 Å². The molecule has 0 spiro atoms. The fourth-order valence-corrected chi connectivity index (χ4v) is 9.88. The van der Waals surface area contributed by atoms with E-state index in [4.69, 9.17) is 4.74 Å². The molecule has 0 radical (unpaired) electrons. The average molecular weight is 501 g/mol. The number of ether oxygens (including phenoxy) is 1. The Morgan fingerprint density at radius 3 is 2.42 bits per heavy atom. The van der Waals surface area contributed by atoms with Crippen LogP contribution in [0, 0.1) is 39.4 Å². The predicted octanol–water partition coefficient (Wildman–Crippen LogP) is 6.99. The maximum atomic E-state index is 11.8. The van der Waals surface area contributed by atoms with Crippen molar-refractivity contribution in [2.75, 3.05) is 6.61 Å². The summed E-state index contributed by atoms with van der Waals surface area (Å²) in [6, 6.07) is 0. The van der Waals surface area contributed by atoms with Crippen LogP contribution >= 0.6 is 0 Å². The first-order valence-corrected chi connectivity index (χ1v) is 14.6. The summed E-state index contributed by atoms with van der Waals surface area (Å²) in [5.41, 5.74) is 4.28. The number of esters is 1. The second-order valence-corrected chi connectivity index (χ2v) is 14.2. The zero-order valence-corrected chi connectivity index (χ0v) is 24.2. The highest BCUT2D eigenvalue weighted by atomic mass is 16.5. The normalized spacial score (nSPS) is 42.9. The molecule has 4 rings (SSSR count). The Morgan fingerprint density at radius 1 is 1.08 bits per heavy atom. The van der Waals surface area contributed by atoms with Crippen molar-refractivity contribution >= 4 is 5.97 Å². The maximum Gasteiger partial charge on any atom is 0.302 e. The standard InChI is InChI=1S/C32H52O4/c1-20(19-33)10-9-11-21(2)25-18-27(35)32(8)24-12-13-26-29(4,5)28(36-22(3)34)15-16-30(26,6)23(24)14-17-31(25,32)7/h10,21,25-28,33,35H,9,11-19H2,1-8H3/b20-10+/t21-,25-,26+,27+,28+,30-,31-,32-/m1/s1. The number of hydrogen-bond acceptors (Lipinski definition) is 4. The third-order valence-corrected chi connectivity index (χ3v) is 12.2. The summed E-state index contributed by atoms with van der Waals surface area (Å²) in [6.07, 6.45) is 11.3. The molecule has 0 aromatic carbocycles. The molecule has 2 N–H and O–H groups in total. The summed E-state index contributed by atoms with van der Waals surface area (Å²) in [4.78, 5) is 11.8. The van der Waals surface area contributed by atoms with Gasteiger partial charge in [0.2, 0.25) is 0 Å². The minimum absolute atomic E-state index is 0.00881. The van der Waals surface area contributed by atoms with Crippen LogP contribution in [0.2, 0.25) is 0 Å². The van der Waals surface area contributed by atoms with Crippen molar-refractivity contribution in [1.29, 1.82) is 0 Å². The van der Waals surface area contributed by atoms with E-state index in [2.05, 4.69) is 47.6 Å². The van der Waals surface area contributed by atoms with Crippen molar-refractivity contribution in [3.63, 3.8) is 0 Å². The highest BCUT2D eigenvalue weighted by Gasteiger charge is 2.66. The van der Waals surface area contributed by atoms with Crippen LogP contribution in [0.1, 0.15) is 113 Å². The number of allylic oxidation sites excluding steroid dienone is 2. The van der Waals surface area contributed by atoms with Crippen LogP contribution in [0.3, 0.4) is 0 Å². The van der Waals surface area contributed by atoms with Crippen LogP contribution in [0.25, 0.3) is 0 Å².